The van der Waals surface area contributed by atoms with Crippen LogP contribution >= 0.6 is 11.3 Å². The van der Waals surface area contributed by atoms with Gasteiger partial charge >= 0.3 is 0 Å². The van der Waals surface area contributed by atoms with E-state index in [1.165, 1.54) is 11.3 Å². The second-order valence-electron chi connectivity index (χ2n) is 11.2. The van der Waals surface area contributed by atoms with Gasteiger partial charge in [-0.1, -0.05) is 48.5 Å². The van der Waals surface area contributed by atoms with E-state index in [0.717, 1.165) is 0 Å². The van der Waals surface area contributed by atoms with Gasteiger partial charge in [-0.05, 0) is 31.1 Å². The first-order valence-electron chi connectivity index (χ1n) is 13.4. The number of hydrogen-bond acceptors (Lipinski definition) is 8. The minimum absolute atomic E-state index is 0.0372. The molecule has 0 radical (unpaired) electrons. The lowest BCUT2D eigenvalue weighted by molar-refractivity contribution is -0.134. The van der Waals surface area contributed by atoms with Crippen LogP contribution in [0.15, 0.2) is 5.38 Å². The fraction of sp³-hybridized carbons (Fsp3) is 0.704. The largest absolute Gasteiger partial charge is 0.389 e. The number of aromatic nitrogens is 1. The summed E-state index contributed by atoms with van der Waals surface area (Å²) in [7, 11) is 0. The molecule has 0 fully saturated rings. The van der Waals surface area contributed by atoms with Gasteiger partial charge in [0.25, 0.3) is 0 Å². The molecule has 39 heavy (non-hydrogen) atoms. The van der Waals surface area contributed by atoms with Crippen LogP contribution in [0.3, 0.4) is 0 Å². The fourth-order valence-electron chi connectivity index (χ4n) is 3.74. The molecule has 0 aliphatic carbocycles. The van der Waals surface area contributed by atoms with Gasteiger partial charge in [-0.25, -0.2) is 4.98 Å². The first kappa shape index (κ1) is 34.2. The van der Waals surface area contributed by atoms with Crippen molar-refractivity contribution in [2.45, 2.75) is 92.8 Å². The van der Waals surface area contributed by atoms with Crippen molar-refractivity contribution in [3.05, 3.63) is 16.1 Å². The van der Waals surface area contributed by atoms with Crippen molar-refractivity contribution < 1.29 is 29.1 Å². The van der Waals surface area contributed by atoms with Gasteiger partial charge < -0.3 is 26.4 Å². The van der Waals surface area contributed by atoms with E-state index in [1.54, 1.807) is 5.38 Å². The lowest BCUT2D eigenvalue weighted by atomic mass is 9.80. The normalized spacial score (nSPS) is 13.1. The maximum atomic E-state index is 13.0. The Morgan fingerprint density at radius 1 is 0.897 bits per heavy atom. The number of carbonyl (C=O) groups excluding carboxylic acids is 5. The smallest absolute Gasteiger partial charge is 0.243 e. The molecule has 0 saturated heterocycles. The second kappa shape index (κ2) is 16.3. The van der Waals surface area contributed by atoms with Crippen molar-refractivity contribution >= 4 is 40.7 Å². The van der Waals surface area contributed by atoms with Gasteiger partial charge in [-0.15, -0.1) is 11.3 Å². The highest BCUT2D eigenvalue weighted by Crippen LogP contribution is 2.25. The summed E-state index contributed by atoms with van der Waals surface area (Å²) in [5.41, 5.74) is -0.0892. The van der Waals surface area contributed by atoms with E-state index in [0.29, 0.717) is 30.0 Å². The standard InChI is InChI=1S/C27H45N5O6S/c1-8-27(6,7)25(37)19(9-16(2)3)31-23(36)13-29-26(38)20(10-17(4)5)32-22(35)12-28-21(34)11-18-15-39-24(14-33)30-18/h15-17,19-20,33H,8-14H2,1-7H3,(H,28,34)(H,29,38)(H,31,36)(H,32,35)/t19-,20-/m0/s1. The zero-order valence-electron chi connectivity index (χ0n) is 24.2. The molecule has 0 aromatic carbocycles. The van der Waals surface area contributed by atoms with Crippen LogP contribution in [0.4, 0.5) is 0 Å². The molecule has 0 aliphatic heterocycles. The number of amides is 4. The molecule has 2 atom stereocenters. The van der Waals surface area contributed by atoms with Crippen LogP contribution in [-0.2, 0) is 37.0 Å². The highest BCUT2D eigenvalue weighted by molar-refractivity contribution is 7.09. The van der Waals surface area contributed by atoms with E-state index in [-0.39, 0.29) is 43.7 Å². The molecular formula is C27H45N5O6S. The van der Waals surface area contributed by atoms with Gasteiger partial charge in [0.2, 0.25) is 23.6 Å². The average molecular weight is 568 g/mol. The molecule has 12 heteroatoms. The Kier molecular flexibility index (Phi) is 14.3. The zero-order valence-corrected chi connectivity index (χ0v) is 25.0. The van der Waals surface area contributed by atoms with Gasteiger partial charge in [-0.2, -0.15) is 0 Å². The molecule has 1 rings (SSSR count). The van der Waals surface area contributed by atoms with Crippen molar-refractivity contribution in [3.8, 4) is 0 Å². The fourth-order valence-corrected chi connectivity index (χ4v) is 4.39. The van der Waals surface area contributed by atoms with Crippen LogP contribution in [-0.4, -0.2) is 64.7 Å². The van der Waals surface area contributed by atoms with E-state index in [2.05, 4.69) is 26.3 Å². The molecule has 0 bridgehead atoms. The van der Waals surface area contributed by atoms with Crippen molar-refractivity contribution in [3.63, 3.8) is 0 Å². The molecule has 0 spiro atoms. The number of nitrogens with one attached hydrogen (secondary N) is 4. The number of carbonyl (C=O) groups is 5. The molecule has 11 nitrogen and oxygen atoms in total. The highest BCUT2D eigenvalue weighted by Gasteiger charge is 2.33. The number of ketones is 1. The summed E-state index contributed by atoms with van der Waals surface area (Å²) < 4.78 is 0. The Morgan fingerprint density at radius 2 is 1.44 bits per heavy atom. The summed E-state index contributed by atoms with van der Waals surface area (Å²) in [6, 6.07) is -1.56. The van der Waals surface area contributed by atoms with E-state index in [4.69, 9.17) is 5.11 Å². The average Bonchev–Trinajstić information content (AvgIpc) is 3.31. The summed E-state index contributed by atoms with van der Waals surface area (Å²) in [6.45, 7) is 12.5. The summed E-state index contributed by atoms with van der Waals surface area (Å²) in [5, 5.41) is 21.7. The summed E-state index contributed by atoms with van der Waals surface area (Å²) in [4.78, 5) is 67.2. The third-order valence-electron chi connectivity index (χ3n) is 6.21. The first-order valence-corrected chi connectivity index (χ1v) is 14.3. The van der Waals surface area contributed by atoms with Crippen LogP contribution in [0.2, 0.25) is 0 Å². The number of aliphatic hydroxyl groups excluding tert-OH is 1. The Labute approximate surface area is 235 Å². The van der Waals surface area contributed by atoms with E-state index in [9.17, 15) is 24.0 Å². The minimum atomic E-state index is -0.903. The van der Waals surface area contributed by atoms with E-state index < -0.39 is 41.1 Å². The lowest BCUT2D eigenvalue weighted by Gasteiger charge is -2.29. The molecule has 1 heterocycles. The van der Waals surface area contributed by atoms with Crippen molar-refractivity contribution in [1.29, 1.82) is 0 Å². The molecule has 0 saturated carbocycles. The van der Waals surface area contributed by atoms with Crippen molar-refractivity contribution in [2.24, 2.45) is 17.3 Å². The van der Waals surface area contributed by atoms with Gasteiger partial charge in [0.05, 0.1) is 37.9 Å². The van der Waals surface area contributed by atoms with Gasteiger partial charge in [0.15, 0.2) is 5.78 Å². The van der Waals surface area contributed by atoms with Crippen molar-refractivity contribution in [1.82, 2.24) is 26.3 Å². The lowest BCUT2D eigenvalue weighted by Crippen LogP contribution is -2.53. The SMILES string of the molecule is CCC(C)(C)C(=O)[C@H](CC(C)C)NC(=O)CNC(=O)[C@H](CC(C)C)NC(=O)CNC(=O)Cc1csc(CO)n1. The van der Waals surface area contributed by atoms with Gasteiger partial charge in [0, 0.05) is 10.8 Å². The van der Waals surface area contributed by atoms with E-state index in [1.807, 2.05) is 48.5 Å². The highest BCUT2D eigenvalue weighted by atomic mass is 32.1. The maximum absolute atomic E-state index is 13.0. The topological polar surface area (TPSA) is 167 Å². The molecule has 5 N–H and O–H groups in total. The number of hydrogen-bond donors (Lipinski definition) is 5. The number of thiazole rings is 1. The maximum Gasteiger partial charge on any atom is 0.243 e. The van der Waals surface area contributed by atoms with Crippen LogP contribution in [0.5, 0.6) is 0 Å². The Balaban J connectivity index is 2.66. The third kappa shape index (κ3) is 12.7. The molecule has 0 aliphatic rings. The van der Waals surface area contributed by atoms with E-state index >= 15 is 0 Å². The monoisotopic (exact) mass is 567 g/mol. The number of aliphatic hydroxyl groups is 1. The van der Waals surface area contributed by atoms with Crippen LogP contribution in [0.1, 0.15) is 78.4 Å². The Bertz CT molecular complexity index is 991. The molecular weight excluding hydrogens is 522 g/mol. The summed E-state index contributed by atoms with van der Waals surface area (Å²) >= 11 is 1.24. The second-order valence-corrected chi connectivity index (χ2v) is 12.1. The summed E-state index contributed by atoms with van der Waals surface area (Å²) in [6.07, 6.45) is 1.42. The van der Waals surface area contributed by atoms with Crippen molar-refractivity contribution in [2.75, 3.05) is 13.1 Å². The third-order valence-corrected chi connectivity index (χ3v) is 7.10. The number of Topliss-reactive ketones (excluding diaryl/α,β-unsaturated/α-hetero) is 1. The Hall–Kier alpha value is -2.86. The molecule has 1 aromatic heterocycles. The molecule has 0 unspecified atom stereocenters. The Morgan fingerprint density at radius 3 is 1.95 bits per heavy atom. The zero-order chi connectivity index (χ0) is 29.8. The first-order chi connectivity index (χ1) is 18.2. The number of rotatable bonds is 17. The van der Waals surface area contributed by atoms with Gasteiger partial charge in [0.1, 0.15) is 11.0 Å². The van der Waals surface area contributed by atoms with Gasteiger partial charge in [-0.3, -0.25) is 24.0 Å². The predicted molar refractivity (Wildman–Crippen MR) is 150 cm³/mol. The molecule has 1 aromatic rings. The molecule has 220 valence electrons. The van der Waals surface area contributed by atoms with Crippen LogP contribution in [0.25, 0.3) is 0 Å². The number of nitrogens with zero attached hydrogens (tertiary/aromatic N) is 1. The predicted octanol–water partition coefficient (Wildman–Crippen LogP) is 1.48. The van der Waals surface area contributed by atoms with Crippen LogP contribution in [0, 0.1) is 17.3 Å². The molecule has 4 amide bonds. The van der Waals surface area contributed by atoms with Crippen LogP contribution < -0.4 is 21.3 Å². The minimum Gasteiger partial charge on any atom is -0.389 e. The summed E-state index contributed by atoms with van der Waals surface area (Å²) in [5.74, 6) is -1.77. The quantitative estimate of drug-likeness (QED) is 0.190.